The molecule has 1 N–H and O–H groups in total. The van der Waals surface area contributed by atoms with Crippen molar-refractivity contribution >= 4 is 34.0 Å². The molecule has 1 rings (SSSR count). The van der Waals surface area contributed by atoms with E-state index in [1.807, 2.05) is 0 Å². The average molecular weight is 295 g/mol. The second kappa shape index (κ2) is 7.59. The molecule has 1 aromatic carbocycles. The van der Waals surface area contributed by atoms with E-state index >= 15 is 0 Å². The molecule has 1 radical (unpaired) electrons. The third kappa shape index (κ3) is 8.05. The Morgan fingerprint density at radius 2 is 1.67 bits per heavy atom. The van der Waals surface area contributed by atoms with Crippen LogP contribution < -0.4 is 0 Å². The van der Waals surface area contributed by atoms with Gasteiger partial charge < -0.3 is 13.0 Å². The van der Waals surface area contributed by atoms with Gasteiger partial charge in [-0.1, -0.05) is 0 Å². The van der Waals surface area contributed by atoms with Crippen molar-refractivity contribution in [3.05, 3.63) is 35.9 Å². The molecule has 0 aromatic heterocycles. The van der Waals surface area contributed by atoms with Gasteiger partial charge in [-0.15, -0.1) is 0 Å². The summed E-state index contributed by atoms with van der Waals surface area (Å²) in [4.78, 5) is 0. The van der Waals surface area contributed by atoms with Gasteiger partial charge in [0.1, 0.15) is 0 Å². The van der Waals surface area contributed by atoms with E-state index in [4.69, 9.17) is 13.0 Å². The predicted molar refractivity (Wildman–Crippen MR) is 48.7 cm³/mol. The molecule has 0 aliphatic heterocycles. The Labute approximate surface area is 87.1 Å². The van der Waals surface area contributed by atoms with E-state index in [9.17, 15) is 0 Å². The number of rotatable bonds is 1. The van der Waals surface area contributed by atoms with Crippen molar-refractivity contribution in [2.75, 3.05) is 0 Å². The van der Waals surface area contributed by atoms with E-state index < -0.39 is 11.0 Å². The van der Waals surface area contributed by atoms with Gasteiger partial charge in [-0.25, -0.2) is 0 Å². The van der Waals surface area contributed by atoms with Crippen LogP contribution in [-0.4, -0.2) is 27.6 Å². The molecule has 0 aliphatic carbocycles. The Morgan fingerprint density at radius 1 is 1.25 bits per heavy atom. The van der Waals surface area contributed by atoms with Crippen LogP contribution in [0.2, 0.25) is 0 Å². The van der Waals surface area contributed by atoms with Gasteiger partial charge in [-0.3, -0.25) is 0 Å². The Kier molecular flexibility index (Phi) is 7.56. The fourth-order valence-corrected chi connectivity index (χ4v) is 1.27. The average Bonchev–Trinajstić information content (AvgIpc) is 2.05. The van der Waals surface area contributed by atoms with Crippen molar-refractivity contribution in [3.63, 3.8) is 0 Å². The van der Waals surface area contributed by atoms with E-state index in [1.165, 1.54) is 9.93 Å². The molecule has 12 heavy (non-hydrogen) atoms. The van der Waals surface area contributed by atoms with Crippen LogP contribution in [0.15, 0.2) is 30.3 Å². The summed E-state index contributed by atoms with van der Waals surface area (Å²) in [6, 6.07) is 10.5. The van der Waals surface area contributed by atoms with Gasteiger partial charge >= 0.3 is 63.3 Å². The van der Waals surface area contributed by atoms with Crippen molar-refractivity contribution in [2.45, 2.75) is 4.37 Å². The van der Waals surface area contributed by atoms with Gasteiger partial charge in [0.2, 0.25) is 0 Å². The first-order chi connectivity index (χ1) is 5.66. The minimum absolute atomic E-state index is 1.23. The number of hydrogen-bond donors (Lipinski definition) is 1. The quantitative estimate of drug-likeness (QED) is 0.362. The topological polar surface area (TPSA) is 54.4 Å². The van der Waals surface area contributed by atoms with Crippen LogP contribution in [0.4, 0.5) is 0 Å². The van der Waals surface area contributed by atoms with Crippen LogP contribution in [0.3, 0.4) is 0 Å². The first-order valence-electron chi connectivity index (χ1n) is 3.13. The fourth-order valence-electron chi connectivity index (χ4n) is 0.596. The van der Waals surface area contributed by atoms with Crippen LogP contribution in [0.1, 0.15) is 5.56 Å². The third-order valence-electron chi connectivity index (χ3n) is 1.05. The van der Waals surface area contributed by atoms with Crippen molar-refractivity contribution in [1.82, 2.24) is 0 Å². The van der Waals surface area contributed by atoms with E-state index in [1.54, 1.807) is 23.0 Å². The molecule has 0 bridgehead atoms. The zero-order chi connectivity index (χ0) is 9.40. The zero-order valence-corrected chi connectivity index (χ0v) is 9.94. The van der Waals surface area contributed by atoms with Crippen molar-refractivity contribution in [3.8, 4) is 0 Å². The monoisotopic (exact) mass is 294 g/mol. The van der Waals surface area contributed by atoms with Gasteiger partial charge in [-0.05, 0) is 0 Å². The van der Waals surface area contributed by atoms with Crippen molar-refractivity contribution < 1.29 is 13.0 Å². The summed E-state index contributed by atoms with van der Waals surface area (Å²) in [5, 5.41) is 0. The molecule has 0 unspecified atom stereocenters. The normalized spacial score (nSPS) is 8.92. The molecule has 0 saturated carbocycles. The molecule has 0 spiro atoms. The fraction of sp³-hybridized carbons (Fsp3) is 0.143. The van der Waals surface area contributed by atoms with E-state index in [0.717, 1.165) is 0 Å². The predicted octanol–water partition coefficient (Wildman–Crippen LogP) is 0.856. The molecule has 67 valence electrons. The van der Waals surface area contributed by atoms with Crippen LogP contribution in [0.5, 0.6) is 0 Å². The second-order valence-corrected chi connectivity index (χ2v) is 3.32. The summed E-state index contributed by atoms with van der Waals surface area (Å²) < 4.78 is 25.3. The van der Waals surface area contributed by atoms with Crippen LogP contribution in [0, 0.1) is 0 Å². The Morgan fingerprint density at radius 3 is 1.92 bits per heavy atom. The standard InChI is InChI=1S/C7H7.HO3S.Sb.H/c1-7-5-3-2-4-6-7;1-4(2)3;;/h2-6H,1H2;(H,1,2,3);;/q;-1;;. The van der Waals surface area contributed by atoms with Crippen molar-refractivity contribution in [2.24, 2.45) is 0 Å². The maximum atomic E-state index is 8.56. The van der Waals surface area contributed by atoms with Gasteiger partial charge in [0.05, 0.1) is 0 Å². The van der Waals surface area contributed by atoms with Gasteiger partial charge in [0.15, 0.2) is 0 Å². The number of hydrogen-bond acceptors (Lipinski definition) is 3. The van der Waals surface area contributed by atoms with Gasteiger partial charge in [-0.2, -0.15) is 0 Å². The van der Waals surface area contributed by atoms with E-state index in [2.05, 4.69) is 30.3 Å². The molecule has 0 aliphatic rings. The summed E-state index contributed by atoms with van der Waals surface area (Å²) in [5.41, 5.74) is 1.45. The molecule has 0 fully saturated rings. The second-order valence-electron chi connectivity index (χ2n) is 1.88. The summed E-state index contributed by atoms with van der Waals surface area (Å²) in [5.74, 6) is 0. The summed E-state index contributed by atoms with van der Waals surface area (Å²) in [7, 11) is -2.86. The first-order valence-corrected chi connectivity index (χ1v) is 6.18. The van der Waals surface area contributed by atoms with Crippen LogP contribution in [-0.2, 0) is 23.8 Å². The molecule has 0 amide bonds. The summed E-state index contributed by atoms with van der Waals surface area (Å²) >= 11 is 1.59. The summed E-state index contributed by atoms with van der Waals surface area (Å²) in [6.45, 7) is 0. The molecule has 0 heterocycles. The van der Waals surface area contributed by atoms with Crippen LogP contribution >= 0.6 is 0 Å². The molecule has 0 saturated heterocycles. The Bertz CT molecular complexity index is 263. The molecule has 5 heteroatoms. The van der Waals surface area contributed by atoms with E-state index in [-0.39, 0.29) is 0 Å². The summed E-state index contributed by atoms with van der Waals surface area (Å²) in [6.07, 6.45) is 0. The third-order valence-corrected chi connectivity index (χ3v) is 2.21. The molecular weight excluding hydrogens is 286 g/mol. The maximum absolute atomic E-state index is 8.56. The minimum atomic E-state index is -2.86. The van der Waals surface area contributed by atoms with Crippen molar-refractivity contribution in [1.29, 1.82) is 0 Å². The zero-order valence-electron chi connectivity index (χ0n) is 6.27. The number of benzene rings is 1. The first kappa shape index (κ1) is 11.9. The molecular formula is C7H9O3SSb-. The SMILES string of the molecule is O=[S-](=O)O.[SbH][CH2]c1ccccc1. The Balaban J connectivity index is 0.000000261. The molecule has 1 aromatic rings. The van der Waals surface area contributed by atoms with Crippen LogP contribution in [0.25, 0.3) is 0 Å². The molecule has 3 nitrogen and oxygen atoms in total. The van der Waals surface area contributed by atoms with Gasteiger partial charge in [0, 0.05) is 11.0 Å². The van der Waals surface area contributed by atoms with Gasteiger partial charge in [0.25, 0.3) is 0 Å². The Hall–Kier alpha value is -0.0518. The molecule has 0 atom stereocenters. The van der Waals surface area contributed by atoms with E-state index in [0.29, 0.717) is 0 Å².